The van der Waals surface area contributed by atoms with Crippen molar-refractivity contribution in [2.24, 2.45) is 5.41 Å². The van der Waals surface area contributed by atoms with E-state index >= 15 is 0 Å². The number of anilines is 1. The third kappa shape index (κ3) is 4.34. The molecule has 0 spiro atoms. The van der Waals surface area contributed by atoms with Gasteiger partial charge in [-0.2, -0.15) is 0 Å². The van der Waals surface area contributed by atoms with Crippen LogP contribution in [0.25, 0.3) is 11.3 Å². The molecule has 150 valence electrons. The molecule has 2 heterocycles. The first-order valence-electron chi connectivity index (χ1n) is 10.2. The lowest BCUT2D eigenvalue weighted by molar-refractivity contribution is -0.126. The summed E-state index contributed by atoms with van der Waals surface area (Å²) < 4.78 is 5.28. The van der Waals surface area contributed by atoms with Crippen LogP contribution in [0.4, 0.5) is 5.82 Å². The van der Waals surface area contributed by atoms with Gasteiger partial charge in [-0.3, -0.25) is 9.78 Å². The largest absolute Gasteiger partial charge is 0.497 e. The van der Waals surface area contributed by atoms with E-state index in [1.165, 1.54) is 0 Å². The smallest absolute Gasteiger partial charge is 0.155 e. The fourth-order valence-electron chi connectivity index (χ4n) is 3.63. The highest BCUT2D eigenvalue weighted by Crippen LogP contribution is 2.36. The van der Waals surface area contributed by atoms with Crippen molar-refractivity contribution in [2.45, 2.75) is 52.9 Å². The summed E-state index contributed by atoms with van der Waals surface area (Å²) >= 11 is 0. The van der Waals surface area contributed by atoms with Gasteiger partial charge in [-0.05, 0) is 56.9 Å². The number of ether oxygens (including phenoxy) is 1. The van der Waals surface area contributed by atoms with Crippen molar-refractivity contribution in [1.29, 1.82) is 0 Å². The van der Waals surface area contributed by atoms with E-state index in [4.69, 9.17) is 14.7 Å². The predicted molar refractivity (Wildman–Crippen MR) is 113 cm³/mol. The molecule has 3 rings (SSSR count). The second-order valence-electron chi connectivity index (χ2n) is 7.97. The Hall–Kier alpha value is -2.43. The first kappa shape index (κ1) is 20.3. The molecular weight excluding hydrogens is 350 g/mol. The number of hydrogen-bond donors (Lipinski definition) is 0. The number of methoxy groups -OCH3 is 1. The zero-order valence-electron chi connectivity index (χ0n) is 17.5. The molecule has 1 aliphatic heterocycles. The van der Waals surface area contributed by atoms with Crippen molar-refractivity contribution in [1.82, 2.24) is 9.97 Å². The van der Waals surface area contributed by atoms with Crippen LogP contribution < -0.4 is 9.64 Å². The minimum Gasteiger partial charge on any atom is -0.497 e. The number of carbonyl (C=O) groups excluding carboxylic acids is 1. The van der Waals surface area contributed by atoms with Crippen LogP contribution in [0.15, 0.2) is 30.5 Å². The quantitative estimate of drug-likeness (QED) is 0.696. The molecule has 0 aliphatic carbocycles. The van der Waals surface area contributed by atoms with Crippen molar-refractivity contribution < 1.29 is 9.53 Å². The van der Waals surface area contributed by atoms with Crippen LogP contribution in [0.2, 0.25) is 0 Å². The number of hydrogen-bond acceptors (Lipinski definition) is 5. The number of aryl methyl sites for hydroxylation is 1. The zero-order chi connectivity index (χ0) is 20.1. The van der Waals surface area contributed by atoms with Gasteiger partial charge in [-0.15, -0.1) is 0 Å². The molecule has 1 saturated heterocycles. The Labute approximate surface area is 168 Å². The maximum atomic E-state index is 12.0. The second-order valence-corrected chi connectivity index (χ2v) is 7.97. The number of benzene rings is 1. The van der Waals surface area contributed by atoms with Crippen molar-refractivity contribution in [3.63, 3.8) is 0 Å². The number of unbranched alkanes of at least 4 members (excludes halogenated alkanes) is 1. The SMILES string of the molecule is CCCCc1cnc(-c2ccc(OC)cc2)c(N2CCC(C)(C(C)=O)CC2)n1. The average molecular weight is 382 g/mol. The summed E-state index contributed by atoms with van der Waals surface area (Å²) in [6.45, 7) is 7.63. The maximum Gasteiger partial charge on any atom is 0.155 e. The molecule has 28 heavy (non-hydrogen) atoms. The molecule has 1 aromatic carbocycles. The summed E-state index contributed by atoms with van der Waals surface area (Å²) in [4.78, 5) is 24.1. The standard InChI is InChI=1S/C23H31N3O2/c1-5-6-7-19-16-24-21(18-8-10-20(28-4)11-9-18)22(25-19)26-14-12-23(3,13-15-26)17(2)27/h8-11,16H,5-7,12-15H2,1-4H3. The lowest BCUT2D eigenvalue weighted by Crippen LogP contribution is -2.42. The van der Waals surface area contributed by atoms with E-state index in [-0.39, 0.29) is 11.2 Å². The monoisotopic (exact) mass is 381 g/mol. The highest BCUT2D eigenvalue weighted by atomic mass is 16.5. The van der Waals surface area contributed by atoms with E-state index in [0.29, 0.717) is 0 Å². The molecule has 0 saturated carbocycles. The lowest BCUT2D eigenvalue weighted by atomic mass is 9.77. The van der Waals surface area contributed by atoms with Gasteiger partial charge in [-0.1, -0.05) is 20.3 Å². The van der Waals surface area contributed by atoms with Crippen LogP contribution in [-0.2, 0) is 11.2 Å². The number of nitrogens with zero attached hydrogens (tertiary/aromatic N) is 3. The van der Waals surface area contributed by atoms with Crippen LogP contribution >= 0.6 is 0 Å². The summed E-state index contributed by atoms with van der Waals surface area (Å²) in [6, 6.07) is 7.97. The Kier molecular flexibility index (Phi) is 6.32. The van der Waals surface area contributed by atoms with E-state index in [9.17, 15) is 4.79 Å². The van der Waals surface area contributed by atoms with Gasteiger partial charge in [0.2, 0.25) is 0 Å². The van der Waals surface area contributed by atoms with Crippen molar-refractivity contribution >= 4 is 11.6 Å². The van der Waals surface area contributed by atoms with E-state index in [0.717, 1.165) is 73.7 Å². The minimum absolute atomic E-state index is 0.218. The Morgan fingerprint density at radius 2 is 1.89 bits per heavy atom. The zero-order valence-corrected chi connectivity index (χ0v) is 17.5. The number of Topliss-reactive ketones (excluding diaryl/α,β-unsaturated/α-hetero) is 1. The molecule has 0 atom stereocenters. The van der Waals surface area contributed by atoms with Gasteiger partial charge in [-0.25, -0.2) is 4.98 Å². The molecule has 1 aliphatic rings. The highest BCUT2D eigenvalue weighted by Gasteiger charge is 2.35. The Morgan fingerprint density at radius 3 is 2.46 bits per heavy atom. The van der Waals surface area contributed by atoms with E-state index in [1.807, 2.05) is 30.5 Å². The predicted octanol–water partition coefficient (Wildman–Crippen LogP) is 4.69. The fraction of sp³-hybridized carbons (Fsp3) is 0.522. The highest BCUT2D eigenvalue weighted by molar-refractivity contribution is 5.82. The number of piperidine rings is 1. The molecule has 5 heteroatoms. The minimum atomic E-state index is -0.218. The fourth-order valence-corrected chi connectivity index (χ4v) is 3.63. The van der Waals surface area contributed by atoms with Crippen LogP contribution in [0.1, 0.15) is 52.1 Å². The molecule has 0 unspecified atom stereocenters. The Bertz CT molecular complexity index is 809. The van der Waals surface area contributed by atoms with Gasteiger partial charge in [0.1, 0.15) is 17.2 Å². The molecule has 0 amide bonds. The third-order valence-electron chi connectivity index (χ3n) is 5.97. The first-order valence-corrected chi connectivity index (χ1v) is 10.2. The van der Waals surface area contributed by atoms with Gasteiger partial charge in [0.15, 0.2) is 5.82 Å². The van der Waals surface area contributed by atoms with Crippen LogP contribution in [0, 0.1) is 5.41 Å². The summed E-state index contributed by atoms with van der Waals surface area (Å²) in [5.41, 5.74) is 2.75. The van der Waals surface area contributed by atoms with E-state index in [2.05, 4.69) is 18.7 Å². The van der Waals surface area contributed by atoms with Gasteiger partial charge >= 0.3 is 0 Å². The summed E-state index contributed by atoms with van der Waals surface area (Å²) in [6.07, 6.45) is 6.80. The topological polar surface area (TPSA) is 55.3 Å². The first-order chi connectivity index (χ1) is 13.5. The Balaban J connectivity index is 1.93. The molecule has 0 radical (unpaired) electrons. The van der Waals surface area contributed by atoms with Crippen LogP contribution in [0.5, 0.6) is 5.75 Å². The van der Waals surface area contributed by atoms with Crippen LogP contribution in [-0.4, -0.2) is 36.0 Å². The van der Waals surface area contributed by atoms with Crippen molar-refractivity contribution in [3.8, 4) is 17.0 Å². The summed E-state index contributed by atoms with van der Waals surface area (Å²) in [7, 11) is 1.67. The van der Waals surface area contributed by atoms with Gasteiger partial charge in [0.25, 0.3) is 0 Å². The number of ketones is 1. The molecule has 2 aromatic rings. The lowest BCUT2D eigenvalue weighted by Gasteiger charge is -2.38. The maximum absolute atomic E-state index is 12.0. The van der Waals surface area contributed by atoms with Gasteiger partial charge < -0.3 is 9.64 Å². The normalized spacial score (nSPS) is 16.1. The molecular formula is C23H31N3O2. The van der Waals surface area contributed by atoms with Crippen molar-refractivity contribution in [2.75, 3.05) is 25.1 Å². The second kappa shape index (κ2) is 8.72. The Morgan fingerprint density at radius 1 is 1.21 bits per heavy atom. The van der Waals surface area contributed by atoms with Gasteiger partial charge in [0.05, 0.1) is 12.8 Å². The number of aromatic nitrogens is 2. The molecule has 0 bridgehead atoms. The molecule has 5 nitrogen and oxygen atoms in total. The average Bonchev–Trinajstić information content (AvgIpc) is 2.72. The summed E-state index contributed by atoms with van der Waals surface area (Å²) in [5, 5.41) is 0. The number of rotatable bonds is 7. The molecule has 0 N–H and O–H groups in total. The van der Waals surface area contributed by atoms with Crippen molar-refractivity contribution in [3.05, 3.63) is 36.2 Å². The van der Waals surface area contributed by atoms with Gasteiger partial charge in [0, 0.05) is 30.3 Å². The van der Waals surface area contributed by atoms with E-state index in [1.54, 1.807) is 14.0 Å². The van der Waals surface area contributed by atoms with Crippen LogP contribution in [0.3, 0.4) is 0 Å². The molecule has 1 aromatic heterocycles. The van der Waals surface area contributed by atoms with E-state index < -0.39 is 0 Å². The third-order valence-corrected chi connectivity index (χ3v) is 5.97. The number of carbonyl (C=O) groups is 1. The summed E-state index contributed by atoms with van der Waals surface area (Å²) in [5.74, 6) is 2.04. The molecule has 1 fully saturated rings.